The molecule has 0 fully saturated rings. The van der Waals surface area contributed by atoms with E-state index in [1.54, 1.807) is 0 Å². The number of hydrogen-bond donors (Lipinski definition) is 1. The molecule has 6 heteroatoms. The van der Waals surface area contributed by atoms with Gasteiger partial charge in [0, 0.05) is 0 Å². The second-order valence-electron chi connectivity index (χ2n) is 6.18. The summed E-state index contributed by atoms with van der Waals surface area (Å²) >= 11 is 0. The van der Waals surface area contributed by atoms with Crippen LogP contribution < -0.4 is 5.49 Å². The zero-order valence-corrected chi connectivity index (χ0v) is 15.4. The maximum absolute atomic E-state index is 9.86. The van der Waals surface area contributed by atoms with Crippen molar-refractivity contribution in [2.24, 2.45) is 10.2 Å². The minimum atomic E-state index is -0.00351. The lowest BCUT2D eigenvalue weighted by atomic mass is 10.0. The summed E-state index contributed by atoms with van der Waals surface area (Å²) in [5.41, 5.74) is 2.78. The first-order chi connectivity index (χ1) is 14.3. The molecule has 1 heterocycles. The Morgan fingerprint density at radius 1 is 0.793 bits per heavy atom. The minimum Gasteiger partial charge on any atom is -0.282 e. The summed E-state index contributed by atoms with van der Waals surface area (Å²) in [6.45, 7) is 0. The molecule has 0 aliphatic rings. The van der Waals surface area contributed by atoms with Crippen molar-refractivity contribution in [2.75, 3.05) is 0 Å². The number of azo groups is 1. The van der Waals surface area contributed by atoms with Crippen LogP contribution in [0.2, 0.25) is 0 Å². The highest BCUT2D eigenvalue weighted by Gasteiger charge is 2.18. The summed E-state index contributed by atoms with van der Waals surface area (Å²) in [5.74, 6) is 0.274. The molecule has 1 aromatic heterocycles. The van der Waals surface area contributed by atoms with Crippen molar-refractivity contribution in [3.63, 3.8) is 0 Å². The highest BCUT2D eigenvalue weighted by molar-refractivity contribution is 5.78. The molecule has 0 aliphatic carbocycles. The Kier molecular flexibility index (Phi) is 5.04. The van der Waals surface area contributed by atoms with Gasteiger partial charge in [-0.05, 0) is 29.8 Å². The lowest BCUT2D eigenvalue weighted by Gasteiger charge is -2.12. The largest absolute Gasteiger partial charge is 0.282 e. The van der Waals surface area contributed by atoms with Gasteiger partial charge in [-0.3, -0.25) is 5.41 Å². The molecule has 29 heavy (non-hydrogen) atoms. The predicted molar refractivity (Wildman–Crippen MR) is 110 cm³/mol. The Morgan fingerprint density at radius 3 is 2.00 bits per heavy atom. The predicted octanol–water partition coefficient (Wildman–Crippen LogP) is 5.31. The van der Waals surface area contributed by atoms with Gasteiger partial charge >= 0.3 is 0 Å². The molecule has 3 aromatic carbocycles. The highest BCUT2D eigenvalue weighted by Crippen LogP contribution is 2.31. The Balaban J connectivity index is 1.99. The number of nitriles is 1. The fraction of sp³-hybridized carbons (Fsp3) is 0. The molecule has 0 saturated heterocycles. The molecule has 0 radical (unpaired) electrons. The van der Waals surface area contributed by atoms with Crippen LogP contribution in [-0.2, 0) is 0 Å². The summed E-state index contributed by atoms with van der Waals surface area (Å²) in [6, 6.07) is 30.1. The first-order valence-electron chi connectivity index (χ1n) is 8.97. The van der Waals surface area contributed by atoms with Crippen LogP contribution in [0.25, 0.3) is 16.8 Å². The van der Waals surface area contributed by atoms with E-state index in [1.807, 2.05) is 91.0 Å². The molecule has 0 unspecified atom stereocenters. The van der Waals surface area contributed by atoms with Crippen LogP contribution in [0.15, 0.2) is 101 Å². The van der Waals surface area contributed by atoms with Crippen LogP contribution in [0.1, 0.15) is 5.56 Å². The quantitative estimate of drug-likeness (QED) is 0.489. The molecule has 0 saturated carbocycles. The van der Waals surface area contributed by atoms with Crippen LogP contribution in [-0.4, -0.2) is 9.78 Å². The maximum Gasteiger partial charge on any atom is 0.203 e. The van der Waals surface area contributed by atoms with E-state index in [-0.39, 0.29) is 16.9 Å². The van der Waals surface area contributed by atoms with E-state index in [1.165, 1.54) is 4.68 Å². The second-order valence-corrected chi connectivity index (χ2v) is 6.18. The molecule has 4 rings (SSSR count). The van der Waals surface area contributed by atoms with Crippen LogP contribution >= 0.6 is 0 Å². The zero-order chi connectivity index (χ0) is 20.1. The van der Waals surface area contributed by atoms with E-state index in [0.717, 1.165) is 5.56 Å². The molecule has 0 bridgehead atoms. The van der Waals surface area contributed by atoms with Crippen LogP contribution in [0, 0.1) is 16.7 Å². The first-order valence-corrected chi connectivity index (χ1v) is 8.97. The van der Waals surface area contributed by atoms with Crippen molar-refractivity contribution < 1.29 is 0 Å². The summed E-state index contributed by atoms with van der Waals surface area (Å²) in [7, 11) is 0. The van der Waals surface area contributed by atoms with Crippen molar-refractivity contribution in [2.45, 2.75) is 0 Å². The average molecular weight is 376 g/mol. The van der Waals surface area contributed by atoms with Gasteiger partial charge in [0.15, 0.2) is 5.49 Å². The molecule has 4 aromatic rings. The van der Waals surface area contributed by atoms with Crippen molar-refractivity contribution in [3.05, 3.63) is 102 Å². The van der Waals surface area contributed by atoms with Gasteiger partial charge in [0.2, 0.25) is 5.82 Å². The van der Waals surface area contributed by atoms with Gasteiger partial charge in [-0.25, -0.2) is 4.68 Å². The first kappa shape index (κ1) is 18.0. The van der Waals surface area contributed by atoms with Gasteiger partial charge in [-0.2, -0.15) is 5.26 Å². The van der Waals surface area contributed by atoms with Gasteiger partial charge in [0.1, 0.15) is 11.6 Å². The number of para-hydroxylation sites is 1. The fourth-order valence-corrected chi connectivity index (χ4v) is 2.94. The minimum absolute atomic E-state index is 0.00351. The molecular weight excluding hydrogens is 360 g/mol. The van der Waals surface area contributed by atoms with Crippen LogP contribution in [0.3, 0.4) is 0 Å². The lowest BCUT2D eigenvalue weighted by molar-refractivity contribution is 0.768. The number of hydrogen-bond acceptors (Lipinski definition) is 5. The zero-order valence-electron chi connectivity index (χ0n) is 15.4. The van der Waals surface area contributed by atoms with Gasteiger partial charge < -0.3 is 0 Å². The van der Waals surface area contributed by atoms with E-state index >= 15 is 0 Å². The Labute approximate surface area is 167 Å². The van der Waals surface area contributed by atoms with Crippen molar-refractivity contribution in [1.29, 1.82) is 10.7 Å². The highest BCUT2D eigenvalue weighted by atomic mass is 15.3. The number of aromatic nitrogens is 2. The average Bonchev–Trinajstić information content (AvgIpc) is 2.79. The third-order valence-electron chi connectivity index (χ3n) is 4.31. The van der Waals surface area contributed by atoms with Crippen LogP contribution in [0.5, 0.6) is 0 Å². The normalized spacial score (nSPS) is 10.7. The topological polar surface area (TPSA) is 90.2 Å². The number of nitrogens with zero attached hydrogens (tertiary/aromatic N) is 5. The van der Waals surface area contributed by atoms with Gasteiger partial charge in [0.25, 0.3) is 0 Å². The standard InChI is InChI=1S/C23H16N6/c24-16-20-21(17-10-4-1-5-11-17)23(27-26-18-12-6-2-7-13-18)28-29(22(20)25)19-14-8-3-9-15-19/h1-15,25H. The summed E-state index contributed by atoms with van der Waals surface area (Å²) in [5, 5.41) is 31.6. The molecule has 138 valence electrons. The number of rotatable bonds is 4. The second kappa shape index (κ2) is 8.11. The SMILES string of the molecule is N#Cc1c(-c2ccccc2)c(N=Nc2ccccc2)nn(-c2ccccc2)c1=N. The van der Waals surface area contributed by atoms with Crippen molar-refractivity contribution in [3.8, 4) is 22.9 Å². The maximum atomic E-state index is 9.86. The summed E-state index contributed by atoms with van der Waals surface area (Å²) < 4.78 is 1.41. The Hall–Kier alpha value is -4.37. The van der Waals surface area contributed by atoms with Gasteiger partial charge in [-0.1, -0.05) is 66.7 Å². The molecule has 0 aliphatic heterocycles. The summed E-state index contributed by atoms with van der Waals surface area (Å²) in [6.07, 6.45) is 0. The van der Waals surface area contributed by atoms with E-state index in [2.05, 4.69) is 21.4 Å². The molecular formula is C23H16N6. The summed E-state index contributed by atoms with van der Waals surface area (Å²) in [4.78, 5) is 0. The van der Waals surface area contributed by atoms with Crippen molar-refractivity contribution in [1.82, 2.24) is 9.78 Å². The van der Waals surface area contributed by atoms with Gasteiger partial charge in [0.05, 0.1) is 16.9 Å². The molecule has 0 atom stereocenters. The smallest absolute Gasteiger partial charge is 0.203 e. The van der Waals surface area contributed by atoms with E-state index in [0.29, 0.717) is 16.9 Å². The molecule has 6 nitrogen and oxygen atoms in total. The number of benzene rings is 3. The number of nitrogens with one attached hydrogen (secondary N) is 1. The lowest BCUT2D eigenvalue weighted by Crippen LogP contribution is -2.24. The third kappa shape index (κ3) is 3.70. The monoisotopic (exact) mass is 376 g/mol. The Bertz CT molecular complexity index is 1250. The molecule has 0 amide bonds. The van der Waals surface area contributed by atoms with E-state index in [9.17, 15) is 5.26 Å². The van der Waals surface area contributed by atoms with Crippen molar-refractivity contribution >= 4 is 11.5 Å². The van der Waals surface area contributed by atoms with Crippen LogP contribution in [0.4, 0.5) is 11.5 Å². The van der Waals surface area contributed by atoms with E-state index in [4.69, 9.17) is 5.41 Å². The van der Waals surface area contributed by atoms with E-state index < -0.39 is 0 Å². The Morgan fingerprint density at radius 2 is 1.38 bits per heavy atom. The fourth-order valence-electron chi connectivity index (χ4n) is 2.94. The third-order valence-corrected chi connectivity index (χ3v) is 4.31. The molecule has 0 spiro atoms. The molecule has 1 N–H and O–H groups in total. The van der Waals surface area contributed by atoms with Gasteiger partial charge in [-0.15, -0.1) is 15.3 Å².